The summed E-state index contributed by atoms with van der Waals surface area (Å²) in [7, 11) is 0. The fourth-order valence-corrected chi connectivity index (χ4v) is 4.00. The maximum atomic E-state index is 12.3. The Morgan fingerprint density at radius 1 is 1.38 bits per heavy atom. The van der Waals surface area contributed by atoms with Gasteiger partial charge in [0.25, 0.3) is 0 Å². The molecule has 0 aromatic heterocycles. The Morgan fingerprint density at radius 2 is 2.19 bits per heavy atom. The molecule has 0 bridgehead atoms. The molecule has 2 fully saturated rings. The molecule has 0 radical (unpaired) electrons. The topological polar surface area (TPSA) is 46.3 Å². The van der Waals surface area contributed by atoms with Gasteiger partial charge in [-0.1, -0.05) is 13.3 Å². The fraction of sp³-hybridized carbons (Fsp3) is 0.917. The number of nitrogens with two attached hydrogens (primary N) is 1. The Kier molecular flexibility index (Phi) is 4.14. The van der Waals surface area contributed by atoms with Crippen LogP contribution in [0, 0.1) is 5.92 Å². The normalized spacial score (nSPS) is 36.1. The summed E-state index contributed by atoms with van der Waals surface area (Å²) in [5.41, 5.74) is 5.98. The maximum Gasteiger partial charge on any atom is 0.235 e. The van der Waals surface area contributed by atoms with Crippen LogP contribution in [0.2, 0.25) is 0 Å². The third-order valence-corrected chi connectivity index (χ3v) is 4.82. The zero-order valence-corrected chi connectivity index (χ0v) is 10.8. The van der Waals surface area contributed by atoms with Crippen molar-refractivity contribution in [3.05, 3.63) is 0 Å². The molecule has 2 heterocycles. The molecule has 2 rings (SSSR count). The van der Waals surface area contributed by atoms with Crippen molar-refractivity contribution in [1.29, 1.82) is 0 Å². The second-order valence-electron chi connectivity index (χ2n) is 5.20. The minimum absolute atomic E-state index is 0.182. The lowest BCUT2D eigenvalue weighted by Crippen LogP contribution is -2.51. The largest absolute Gasteiger partial charge is 0.340 e. The van der Waals surface area contributed by atoms with Crippen molar-refractivity contribution >= 4 is 17.7 Å². The first-order chi connectivity index (χ1) is 7.66. The van der Waals surface area contributed by atoms with Gasteiger partial charge in [-0.05, 0) is 30.9 Å². The highest BCUT2D eigenvalue weighted by Gasteiger charge is 2.31. The summed E-state index contributed by atoms with van der Waals surface area (Å²) in [4.78, 5) is 14.3. The van der Waals surface area contributed by atoms with Gasteiger partial charge >= 0.3 is 0 Å². The first-order valence-corrected chi connectivity index (χ1v) is 7.37. The quantitative estimate of drug-likeness (QED) is 0.757. The zero-order chi connectivity index (χ0) is 11.5. The number of hydrogen-bond donors (Lipinski definition) is 1. The summed E-state index contributed by atoms with van der Waals surface area (Å²) in [6, 6.07) is 0.182. The van der Waals surface area contributed by atoms with Crippen LogP contribution in [-0.4, -0.2) is 40.9 Å². The van der Waals surface area contributed by atoms with E-state index in [1.54, 1.807) is 0 Å². The number of carbonyl (C=O) groups excluding carboxylic acids is 1. The van der Waals surface area contributed by atoms with Crippen LogP contribution in [0.3, 0.4) is 0 Å². The third-order valence-electron chi connectivity index (χ3n) is 3.46. The summed E-state index contributed by atoms with van der Waals surface area (Å²) in [5, 5.41) is 0.214. The van der Waals surface area contributed by atoms with E-state index >= 15 is 0 Å². The molecule has 4 heteroatoms. The van der Waals surface area contributed by atoms with E-state index < -0.39 is 0 Å². The first kappa shape index (κ1) is 12.2. The molecular formula is C12H22N2OS. The number of rotatable bonds is 1. The van der Waals surface area contributed by atoms with Crippen LogP contribution in [0.25, 0.3) is 0 Å². The van der Waals surface area contributed by atoms with Crippen LogP contribution < -0.4 is 5.73 Å². The standard InChI is InChI=1S/C12H22N2OS/c1-9-6-10(13)8-14(7-9)12(15)11-4-2-3-5-16-11/h9-11H,2-8,13H2,1H3. The lowest BCUT2D eigenvalue weighted by atomic mass is 9.96. The van der Waals surface area contributed by atoms with Gasteiger partial charge in [0, 0.05) is 19.1 Å². The van der Waals surface area contributed by atoms with Gasteiger partial charge in [0.05, 0.1) is 5.25 Å². The molecule has 2 aliphatic heterocycles. The van der Waals surface area contributed by atoms with Gasteiger partial charge in [0.2, 0.25) is 5.91 Å². The SMILES string of the molecule is CC1CC(N)CN(C(=O)C2CCCCS2)C1. The van der Waals surface area contributed by atoms with Crippen molar-refractivity contribution in [3.63, 3.8) is 0 Å². The number of likely N-dealkylation sites (tertiary alicyclic amines) is 1. The molecule has 2 saturated heterocycles. The molecule has 16 heavy (non-hydrogen) atoms. The van der Waals surface area contributed by atoms with Crippen LogP contribution in [0.15, 0.2) is 0 Å². The first-order valence-electron chi connectivity index (χ1n) is 6.33. The summed E-state index contributed by atoms with van der Waals surface area (Å²) in [6.45, 7) is 3.86. The molecule has 0 aliphatic carbocycles. The molecule has 1 amide bonds. The van der Waals surface area contributed by atoms with Crippen LogP contribution in [-0.2, 0) is 4.79 Å². The maximum absolute atomic E-state index is 12.3. The highest BCUT2D eigenvalue weighted by Crippen LogP contribution is 2.28. The minimum atomic E-state index is 0.182. The van der Waals surface area contributed by atoms with Gasteiger partial charge in [0.15, 0.2) is 0 Å². The molecule has 92 valence electrons. The molecule has 3 nitrogen and oxygen atoms in total. The van der Waals surface area contributed by atoms with Crippen molar-refractivity contribution in [3.8, 4) is 0 Å². The average molecular weight is 242 g/mol. The average Bonchev–Trinajstić information content (AvgIpc) is 2.28. The van der Waals surface area contributed by atoms with Gasteiger partial charge in [-0.3, -0.25) is 4.79 Å². The van der Waals surface area contributed by atoms with Crippen LogP contribution in [0.1, 0.15) is 32.6 Å². The van der Waals surface area contributed by atoms with E-state index in [1.807, 2.05) is 16.7 Å². The smallest absolute Gasteiger partial charge is 0.235 e. The van der Waals surface area contributed by atoms with Crippen LogP contribution >= 0.6 is 11.8 Å². The van der Waals surface area contributed by atoms with Gasteiger partial charge in [-0.25, -0.2) is 0 Å². The Hall–Kier alpha value is -0.220. The second kappa shape index (κ2) is 5.41. The van der Waals surface area contributed by atoms with Crippen molar-refractivity contribution in [1.82, 2.24) is 4.90 Å². The van der Waals surface area contributed by atoms with Gasteiger partial charge in [-0.2, -0.15) is 0 Å². The highest BCUT2D eigenvalue weighted by molar-refractivity contribution is 8.00. The van der Waals surface area contributed by atoms with Gasteiger partial charge in [0.1, 0.15) is 0 Å². The molecule has 0 aromatic carbocycles. The van der Waals surface area contributed by atoms with Crippen LogP contribution in [0.4, 0.5) is 0 Å². The molecule has 0 saturated carbocycles. The molecule has 0 spiro atoms. The van der Waals surface area contributed by atoms with Crippen LogP contribution in [0.5, 0.6) is 0 Å². The van der Waals surface area contributed by atoms with Crippen molar-refractivity contribution < 1.29 is 4.79 Å². The lowest BCUT2D eigenvalue weighted by Gasteiger charge is -2.37. The van der Waals surface area contributed by atoms with Gasteiger partial charge in [-0.15, -0.1) is 11.8 Å². The number of thioether (sulfide) groups is 1. The number of nitrogens with zero attached hydrogens (tertiary/aromatic N) is 1. The Balaban J connectivity index is 1.92. The predicted octanol–water partition coefficient (Wildman–Crippen LogP) is 1.47. The van der Waals surface area contributed by atoms with Crippen molar-refractivity contribution in [2.24, 2.45) is 11.7 Å². The number of hydrogen-bond acceptors (Lipinski definition) is 3. The van der Waals surface area contributed by atoms with Crippen molar-refractivity contribution in [2.45, 2.75) is 43.9 Å². The number of carbonyl (C=O) groups is 1. The monoisotopic (exact) mass is 242 g/mol. The van der Waals surface area contributed by atoms with E-state index in [2.05, 4.69) is 6.92 Å². The van der Waals surface area contributed by atoms with E-state index in [4.69, 9.17) is 5.73 Å². The molecular weight excluding hydrogens is 220 g/mol. The molecule has 3 atom stereocenters. The Labute approximate surface area is 102 Å². The lowest BCUT2D eigenvalue weighted by molar-refractivity contribution is -0.132. The predicted molar refractivity (Wildman–Crippen MR) is 68.4 cm³/mol. The van der Waals surface area contributed by atoms with E-state index in [0.29, 0.717) is 11.8 Å². The number of amides is 1. The zero-order valence-electron chi connectivity index (χ0n) is 10.0. The summed E-state index contributed by atoms with van der Waals surface area (Å²) < 4.78 is 0. The Bertz CT molecular complexity index is 243. The van der Waals surface area contributed by atoms with E-state index in [9.17, 15) is 4.79 Å². The number of piperidine rings is 1. The summed E-state index contributed by atoms with van der Waals surface area (Å²) in [6.07, 6.45) is 4.59. The Morgan fingerprint density at radius 3 is 2.81 bits per heavy atom. The minimum Gasteiger partial charge on any atom is -0.340 e. The second-order valence-corrected chi connectivity index (χ2v) is 6.51. The summed E-state index contributed by atoms with van der Waals surface area (Å²) in [5.74, 6) is 2.04. The summed E-state index contributed by atoms with van der Waals surface area (Å²) >= 11 is 1.84. The van der Waals surface area contributed by atoms with Crippen molar-refractivity contribution in [2.75, 3.05) is 18.8 Å². The molecule has 2 N–H and O–H groups in total. The highest BCUT2D eigenvalue weighted by atomic mass is 32.2. The van der Waals surface area contributed by atoms with Gasteiger partial charge < -0.3 is 10.6 Å². The molecule has 2 aliphatic rings. The van der Waals surface area contributed by atoms with E-state index in [1.165, 1.54) is 12.8 Å². The molecule has 3 unspecified atom stereocenters. The van der Waals surface area contributed by atoms with E-state index in [0.717, 1.165) is 31.7 Å². The third kappa shape index (κ3) is 2.92. The molecule has 0 aromatic rings. The van der Waals surface area contributed by atoms with E-state index in [-0.39, 0.29) is 11.3 Å². The fourth-order valence-electron chi connectivity index (χ4n) is 2.72.